The van der Waals surface area contributed by atoms with E-state index in [1.165, 1.54) is 24.1 Å². The van der Waals surface area contributed by atoms with Crippen molar-refractivity contribution >= 4 is 43.5 Å². The maximum atomic E-state index is 14.4. The van der Waals surface area contributed by atoms with Gasteiger partial charge in [0.1, 0.15) is 18.3 Å². The first-order valence-electron chi connectivity index (χ1n) is 14.2. The number of rotatable bonds is 13. The highest BCUT2D eigenvalue weighted by atomic mass is 79.9. The predicted octanol–water partition coefficient (Wildman–Crippen LogP) is 5.74. The average molecular weight is 679 g/mol. The number of hydrogen-bond acceptors (Lipinski definition) is 5. The van der Waals surface area contributed by atoms with Crippen molar-refractivity contribution in [2.75, 3.05) is 24.5 Å². The maximum Gasteiger partial charge on any atom is 0.264 e. The summed E-state index contributed by atoms with van der Waals surface area (Å²) >= 11 is 3.49. The van der Waals surface area contributed by atoms with Crippen molar-refractivity contribution < 1.29 is 22.7 Å². The Morgan fingerprint density at radius 2 is 1.55 bits per heavy atom. The van der Waals surface area contributed by atoms with Crippen LogP contribution < -0.4 is 14.4 Å². The summed E-state index contributed by atoms with van der Waals surface area (Å²) in [5.41, 5.74) is 2.85. The monoisotopic (exact) mass is 677 g/mol. The van der Waals surface area contributed by atoms with Gasteiger partial charge in [-0.2, -0.15) is 0 Å². The third-order valence-electron chi connectivity index (χ3n) is 7.08. The summed E-state index contributed by atoms with van der Waals surface area (Å²) in [6, 6.07) is 29.0. The first-order chi connectivity index (χ1) is 21.1. The minimum Gasteiger partial charge on any atom is -0.494 e. The molecule has 10 heteroatoms. The number of carbonyl (C=O) groups excluding carboxylic acids is 2. The third kappa shape index (κ3) is 8.27. The molecule has 0 spiro atoms. The average Bonchev–Trinajstić information content (AvgIpc) is 3.02. The second-order valence-corrected chi connectivity index (χ2v) is 13.0. The summed E-state index contributed by atoms with van der Waals surface area (Å²) in [4.78, 5) is 29.2. The van der Waals surface area contributed by atoms with Gasteiger partial charge in [-0.15, -0.1) is 0 Å². The van der Waals surface area contributed by atoms with E-state index in [1.807, 2.05) is 68.4 Å². The molecule has 0 aromatic heterocycles. The molecule has 8 nitrogen and oxygen atoms in total. The largest absolute Gasteiger partial charge is 0.494 e. The van der Waals surface area contributed by atoms with Gasteiger partial charge in [-0.1, -0.05) is 76.1 Å². The number of nitrogens with one attached hydrogen (secondary N) is 1. The van der Waals surface area contributed by atoms with E-state index in [1.54, 1.807) is 36.4 Å². The molecule has 0 heterocycles. The third-order valence-corrected chi connectivity index (χ3v) is 9.36. The molecule has 2 amide bonds. The zero-order valence-corrected chi connectivity index (χ0v) is 27.3. The molecule has 0 saturated heterocycles. The number of aryl methyl sites for hydroxylation is 1. The van der Waals surface area contributed by atoms with Gasteiger partial charge in [0.25, 0.3) is 10.0 Å². The lowest BCUT2D eigenvalue weighted by molar-refractivity contribution is -0.139. The fraction of sp³-hybridized carbons (Fsp3) is 0.235. The Kier molecular flexibility index (Phi) is 11.2. The smallest absolute Gasteiger partial charge is 0.264 e. The van der Waals surface area contributed by atoms with Crippen LogP contribution in [0.2, 0.25) is 0 Å². The van der Waals surface area contributed by atoms with Crippen LogP contribution >= 0.6 is 15.9 Å². The van der Waals surface area contributed by atoms with Crippen LogP contribution in [0.3, 0.4) is 0 Å². The summed E-state index contributed by atoms with van der Waals surface area (Å²) in [5.74, 6) is -0.306. The molecule has 0 aliphatic heterocycles. The van der Waals surface area contributed by atoms with E-state index in [4.69, 9.17) is 4.74 Å². The van der Waals surface area contributed by atoms with Crippen LogP contribution in [-0.2, 0) is 32.6 Å². The highest BCUT2D eigenvalue weighted by Crippen LogP contribution is 2.27. The van der Waals surface area contributed by atoms with Crippen LogP contribution in [-0.4, -0.2) is 51.4 Å². The molecule has 1 N–H and O–H groups in total. The van der Waals surface area contributed by atoms with Crippen molar-refractivity contribution in [2.24, 2.45) is 0 Å². The summed E-state index contributed by atoms with van der Waals surface area (Å²) in [6.45, 7) is 3.75. The molecule has 0 aliphatic carbocycles. The fourth-order valence-electron chi connectivity index (χ4n) is 4.79. The van der Waals surface area contributed by atoms with Crippen LogP contribution in [0.15, 0.2) is 112 Å². The van der Waals surface area contributed by atoms with Gasteiger partial charge in [-0.05, 0) is 73.5 Å². The maximum absolute atomic E-state index is 14.4. The van der Waals surface area contributed by atoms with E-state index in [2.05, 4.69) is 21.2 Å². The zero-order chi connectivity index (χ0) is 31.7. The number of halogens is 1. The molecule has 44 heavy (non-hydrogen) atoms. The molecule has 0 bridgehead atoms. The Morgan fingerprint density at radius 3 is 2.16 bits per heavy atom. The van der Waals surface area contributed by atoms with Crippen molar-refractivity contribution in [1.29, 1.82) is 0 Å². The Morgan fingerprint density at radius 1 is 0.886 bits per heavy atom. The Labute approximate surface area is 267 Å². The molecule has 0 unspecified atom stereocenters. The van der Waals surface area contributed by atoms with Crippen LogP contribution in [0.25, 0.3) is 0 Å². The summed E-state index contributed by atoms with van der Waals surface area (Å²) in [5, 5.41) is 2.69. The van der Waals surface area contributed by atoms with Gasteiger partial charge in [-0.3, -0.25) is 13.9 Å². The van der Waals surface area contributed by atoms with Crippen LogP contribution in [0, 0.1) is 6.92 Å². The minimum absolute atomic E-state index is 0.0514. The number of benzene rings is 4. The zero-order valence-electron chi connectivity index (χ0n) is 24.9. The van der Waals surface area contributed by atoms with E-state index in [0.29, 0.717) is 18.0 Å². The lowest BCUT2D eigenvalue weighted by atomic mass is 10.0. The van der Waals surface area contributed by atoms with Gasteiger partial charge < -0.3 is 15.0 Å². The van der Waals surface area contributed by atoms with Crippen molar-refractivity contribution in [3.63, 3.8) is 0 Å². The van der Waals surface area contributed by atoms with Crippen molar-refractivity contribution in [2.45, 2.75) is 37.8 Å². The first-order valence-corrected chi connectivity index (χ1v) is 16.5. The molecular formula is C34H36BrN3O5S. The Bertz CT molecular complexity index is 1660. The predicted molar refractivity (Wildman–Crippen MR) is 176 cm³/mol. The molecule has 0 radical (unpaired) electrons. The Balaban J connectivity index is 1.78. The Hall–Kier alpha value is -4.15. The SMILES string of the molecule is CCOc1ccc(N(CC(=O)N(Cc2cccc(Br)c2)[C@H](Cc2ccccc2)C(=O)NC)S(=O)(=O)c2ccc(C)cc2)cc1. The fourth-order valence-corrected chi connectivity index (χ4v) is 6.65. The summed E-state index contributed by atoms with van der Waals surface area (Å²) in [7, 11) is -2.65. The van der Waals surface area contributed by atoms with Gasteiger partial charge in [0.05, 0.1) is 17.2 Å². The molecular weight excluding hydrogens is 642 g/mol. The van der Waals surface area contributed by atoms with E-state index in [-0.39, 0.29) is 23.8 Å². The normalized spacial score (nSPS) is 11.8. The van der Waals surface area contributed by atoms with Gasteiger partial charge in [0.2, 0.25) is 11.8 Å². The molecule has 1 atom stereocenters. The van der Waals surface area contributed by atoms with Gasteiger partial charge >= 0.3 is 0 Å². The van der Waals surface area contributed by atoms with Crippen LogP contribution in [0.1, 0.15) is 23.6 Å². The topological polar surface area (TPSA) is 96.0 Å². The molecule has 230 valence electrons. The first kappa shape index (κ1) is 32.8. The van der Waals surface area contributed by atoms with E-state index in [9.17, 15) is 18.0 Å². The van der Waals surface area contributed by atoms with E-state index in [0.717, 1.165) is 25.5 Å². The number of carbonyl (C=O) groups is 2. The van der Waals surface area contributed by atoms with Crippen LogP contribution in [0.5, 0.6) is 5.75 Å². The highest BCUT2D eigenvalue weighted by molar-refractivity contribution is 9.10. The molecule has 4 rings (SSSR count). The van der Waals surface area contributed by atoms with Gasteiger partial charge in [0, 0.05) is 24.5 Å². The second kappa shape index (κ2) is 15.0. The number of ether oxygens (including phenoxy) is 1. The van der Waals surface area contributed by atoms with Crippen LogP contribution in [0.4, 0.5) is 5.69 Å². The number of anilines is 1. The number of amides is 2. The number of hydrogen-bond donors (Lipinski definition) is 1. The minimum atomic E-state index is -4.18. The summed E-state index contributed by atoms with van der Waals surface area (Å²) in [6.07, 6.45) is 0.244. The lowest BCUT2D eigenvalue weighted by Gasteiger charge is -2.33. The van der Waals surface area contributed by atoms with Crippen molar-refractivity contribution in [1.82, 2.24) is 10.2 Å². The summed E-state index contributed by atoms with van der Waals surface area (Å²) < 4.78 is 35.7. The molecule has 4 aromatic carbocycles. The second-order valence-electron chi connectivity index (χ2n) is 10.2. The van der Waals surface area contributed by atoms with Crippen molar-refractivity contribution in [3.05, 3.63) is 124 Å². The lowest BCUT2D eigenvalue weighted by Crippen LogP contribution is -2.53. The number of likely N-dealkylation sites (N-methyl/N-ethyl adjacent to an activating group) is 1. The molecule has 4 aromatic rings. The molecule has 0 saturated carbocycles. The van der Waals surface area contributed by atoms with E-state index >= 15 is 0 Å². The van der Waals surface area contributed by atoms with Crippen molar-refractivity contribution in [3.8, 4) is 5.75 Å². The van der Waals surface area contributed by atoms with E-state index < -0.39 is 28.5 Å². The number of nitrogens with zero attached hydrogens (tertiary/aromatic N) is 2. The van der Waals surface area contributed by atoms with Gasteiger partial charge in [-0.25, -0.2) is 8.42 Å². The number of sulfonamides is 1. The standard InChI is InChI=1S/C34H36BrN3O5S/c1-4-43-30-17-15-29(16-18-30)38(44(41,42)31-19-13-25(2)14-20-31)24-33(39)37(23-27-11-8-12-28(35)21-27)32(34(40)36-3)22-26-9-6-5-7-10-26/h5-21,32H,4,22-24H2,1-3H3,(H,36,40)/t32-/m1/s1. The molecule has 0 fully saturated rings. The quantitative estimate of drug-likeness (QED) is 0.195. The molecule has 0 aliphatic rings. The van der Waals surface area contributed by atoms with Gasteiger partial charge in [0.15, 0.2) is 0 Å². The highest BCUT2D eigenvalue weighted by Gasteiger charge is 2.34.